The zero-order chi connectivity index (χ0) is 18.4. The van der Waals surface area contributed by atoms with Crippen molar-refractivity contribution in [3.8, 4) is 0 Å². The van der Waals surface area contributed by atoms with Crippen molar-refractivity contribution in [3.05, 3.63) is 69.5 Å². The van der Waals surface area contributed by atoms with Crippen molar-refractivity contribution in [1.29, 1.82) is 0 Å². The summed E-state index contributed by atoms with van der Waals surface area (Å²) in [6.07, 6.45) is 0. The molecule has 0 amide bonds. The Balaban J connectivity index is 1.93. The van der Waals surface area contributed by atoms with E-state index in [9.17, 15) is 14.7 Å². The molecular formula is C20H18N2O3S. The summed E-state index contributed by atoms with van der Waals surface area (Å²) in [6.45, 7) is 4.02. The molecule has 0 bridgehead atoms. The van der Waals surface area contributed by atoms with Gasteiger partial charge in [-0.2, -0.15) is 0 Å². The van der Waals surface area contributed by atoms with Gasteiger partial charge in [-0.15, -0.1) is 11.3 Å². The summed E-state index contributed by atoms with van der Waals surface area (Å²) >= 11 is 1.66. The lowest BCUT2D eigenvalue weighted by Crippen LogP contribution is -2.30. The number of carboxylic acids is 1. The Bertz CT molecular complexity index is 1200. The number of hydrogen-bond donors (Lipinski definition) is 1. The third-order valence-corrected chi connectivity index (χ3v) is 5.82. The second-order valence-electron chi connectivity index (χ2n) is 6.45. The highest BCUT2D eigenvalue weighted by molar-refractivity contribution is 7.17. The van der Waals surface area contributed by atoms with Gasteiger partial charge in [0.25, 0.3) is 0 Å². The van der Waals surface area contributed by atoms with Crippen molar-refractivity contribution >= 4 is 38.4 Å². The molecule has 26 heavy (non-hydrogen) atoms. The molecule has 2 aromatic carbocycles. The number of para-hydroxylation sites is 2. The summed E-state index contributed by atoms with van der Waals surface area (Å²) < 4.78 is 4.22. The number of nitrogens with zero attached hydrogens (tertiary/aromatic N) is 2. The molecule has 132 valence electrons. The molecule has 4 aromatic rings. The van der Waals surface area contributed by atoms with Crippen LogP contribution in [0, 0.1) is 6.92 Å². The van der Waals surface area contributed by atoms with E-state index in [1.54, 1.807) is 22.0 Å². The third-order valence-electron chi connectivity index (χ3n) is 4.83. The summed E-state index contributed by atoms with van der Waals surface area (Å²) in [4.78, 5) is 24.5. The summed E-state index contributed by atoms with van der Waals surface area (Å²) in [6, 6.07) is 12.6. The van der Waals surface area contributed by atoms with E-state index in [-0.39, 0.29) is 5.69 Å². The maximum absolute atomic E-state index is 13.0. The largest absolute Gasteiger partial charge is 0.480 e. The van der Waals surface area contributed by atoms with E-state index < -0.39 is 12.0 Å². The number of imidazole rings is 1. The average Bonchev–Trinajstić information content (AvgIpc) is 3.15. The fourth-order valence-electron chi connectivity index (χ4n) is 3.50. The predicted octanol–water partition coefficient (Wildman–Crippen LogP) is 4.02. The number of carbonyl (C=O) groups is 1. The summed E-state index contributed by atoms with van der Waals surface area (Å²) in [7, 11) is 0. The molecule has 2 heterocycles. The van der Waals surface area contributed by atoms with E-state index in [1.807, 2.05) is 24.3 Å². The van der Waals surface area contributed by atoms with Gasteiger partial charge in [-0.25, -0.2) is 9.59 Å². The van der Waals surface area contributed by atoms with Gasteiger partial charge in [-0.05, 0) is 48.6 Å². The van der Waals surface area contributed by atoms with Crippen molar-refractivity contribution in [3.63, 3.8) is 0 Å². The monoisotopic (exact) mass is 366 g/mol. The van der Waals surface area contributed by atoms with E-state index in [4.69, 9.17) is 0 Å². The van der Waals surface area contributed by atoms with Crippen LogP contribution in [0.2, 0.25) is 0 Å². The molecule has 0 radical (unpaired) electrons. The van der Waals surface area contributed by atoms with Crippen LogP contribution in [0.4, 0.5) is 0 Å². The summed E-state index contributed by atoms with van der Waals surface area (Å²) in [5, 5.41) is 12.6. The highest BCUT2D eigenvalue weighted by Gasteiger charge is 2.22. The molecule has 0 saturated carbocycles. The number of aliphatic carboxylic acids is 1. The molecule has 1 N–H and O–H groups in total. The van der Waals surface area contributed by atoms with E-state index in [2.05, 4.69) is 24.4 Å². The molecule has 0 spiro atoms. The lowest BCUT2D eigenvalue weighted by molar-refractivity contribution is -0.140. The normalized spacial score (nSPS) is 12.7. The molecule has 6 heteroatoms. The van der Waals surface area contributed by atoms with Gasteiger partial charge < -0.3 is 5.11 Å². The standard InChI is InChI=1S/C20H18N2O3S/c1-12-6-5-9-17-18(12)14(11-26-17)10-21-15-7-3-4-8-16(15)22(20(21)25)13(2)19(23)24/h3-9,11,13H,10H2,1-2H3,(H,23,24)/t13-/m0/s1. The highest BCUT2D eigenvalue weighted by Crippen LogP contribution is 2.30. The van der Waals surface area contributed by atoms with Crippen LogP contribution in [0.3, 0.4) is 0 Å². The molecule has 0 aliphatic heterocycles. The maximum Gasteiger partial charge on any atom is 0.330 e. The molecule has 0 aliphatic rings. The molecule has 4 rings (SSSR count). The smallest absolute Gasteiger partial charge is 0.330 e. The van der Waals surface area contributed by atoms with Gasteiger partial charge >= 0.3 is 11.7 Å². The van der Waals surface area contributed by atoms with Gasteiger partial charge in [0, 0.05) is 10.1 Å². The molecule has 0 fully saturated rings. The topological polar surface area (TPSA) is 64.2 Å². The Labute approximate surface area is 153 Å². The molecular weight excluding hydrogens is 348 g/mol. The van der Waals surface area contributed by atoms with E-state index in [0.29, 0.717) is 12.1 Å². The van der Waals surface area contributed by atoms with Gasteiger partial charge in [-0.3, -0.25) is 9.13 Å². The lowest BCUT2D eigenvalue weighted by atomic mass is 10.1. The van der Waals surface area contributed by atoms with Crippen LogP contribution in [-0.4, -0.2) is 20.2 Å². The van der Waals surface area contributed by atoms with E-state index in [0.717, 1.165) is 11.1 Å². The maximum atomic E-state index is 13.0. The van der Waals surface area contributed by atoms with Crippen molar-refractivity contribution in [2.24, 2.45) is 0 Å². The minimum Gasteiger partial charge on any atom is -0.480 e. The second kappa shape index (κ2) is 6.14. The Hall–Kier alpha value is -2.86. The van der Waals surface area contributed by atoms with E-state index in [1.165, 1.54) is 27.1 Å². The lowest BCUT2D eigenvalue weighted by Gasteiger charge is -2.07. The van der Waals surface area contributed by atoms with Crippen LogP contribution in [0.1, 0.15) is 24.1 Å². The second-order valence-corrected chi connectivity index (χ2v) is 7.36. The summed E-state index contributed by atoms with van der Waals surface area (Å²) in [5.41, 5.74) is 3.35. The number of fused-ring (bicyclic) bond motifs is 2. The molecule has 5 nitrogen and oxygen atoms in total. The molecule has 2 aromatic heterocycles. The zero-order valence-electron chi connectivity index (χ0n) is 14.5. The van der Waals surface area contributed by atoms with Crippen molar-refractivity contribution in [1.82, 2.24) is 9.13 Å². The van der Waals surface area contributed by atoms with Crippen molar-refractivity contribution in [2.45, 2.75) is 26.4 Å². The SMILES string of the molecule is Cc1cccc2scc(Cn3c(=O)n([C@@H](C)C(=O)O)c4ccccc43)c12. The first kappa shape index (κ1) is 16.6. The van der Waals surface area contributed by atoms with Gasteiger partial charge in [0.15, 0.2) is 0 Å². The fourth-order valence-corrected chi connectivity index (χ4v) is 4.53. The van der Waals surface area contributed by atoms with Crippen LogP contribution >= 0.6 is 11.3 Å². The molecule has 0 unspecified atom stereocenters. The predicted molar refractivity (Wildman–Crippen MR) is 104 cm³/mol. The zero-order valence-corrected chi connectivity index (χ0v) is 15.3. The molecule has 0 aliphatic carbocycles. The first-order valence-corrected chi connectivity index (χ1v) is 9.25. The van der Waals surface area contributed by atoms with Gasteiger partial charge in [-0.1, -0.05) is 24.3 Å². The Morgan fingerprint density at radius 2 is 1.88 bits per heavy atom. The average molecular weight is 366 g/mol. The van der Waals surface area contributed by atoms with E-state index >= 15 is 0 Å². The minimum absolute atomic E-state index is 0.297. The van der Waals surface area contributed by atoms with Crippen LogP contribution in [0.15, 0.2) is 52.6 Å². The van der Waals surface area contributed by atoms with Gasteiger partial charge in [0.05, 0.1) is 17.6 Å². The van der Waals surface area contributed by atoms with Gasteiger partial charge in [0.1, 0.15) is 6.04 Å². The first-order valence-electron chi connectivity index (χ1n) is 8.37. The summed E-state index contributed by atoms with van der Waals surface area (Å²) in [5.74, 6) is -1.02. The number of thiophene rings is 1. The highest BCUT2D eigenvalue weighted by atomic mass is 32.1. The number of rotatable bonds is 4. The Morgan fingerprint density at radius 1 is 1.15 bits per heavy atom. The van der Waals surface area contributed by atoms with Crippen LogP contribution < -0.4 is 5.69 Å². The van der Waals surface area contributed by atoms with Crippen molar-refractivity contribution in [2.75, 3.05) is 0 Å². The number of hydrogen-bond acceptors (Lipinski definition) is 3. The van der Waals surface area contributed by atoms with Crippen LogP contribution in [-0.2, 0) is 11.3 Å². The number of benzene rings is 2. The number of aryl methyl sites for hydroxylation is 1. The van der Waals surface area contributed by atoms with Crippen molar-refractivity contribution < 1.29 is 9.90 Å². The van der Waals surface area contributed by atoms with Crippen LogP contribution in [0.25, 0.3) is 21.1 Å². The van der Waals surface area contributed by atoms with Crippen LogP contribution in [0.5, 0.6) is 0 Å². The Morgan fingerprint density at radius 3 is 2.62 bits per heavy atom. The molecule has 1 atom stereocenters. The Kier molecular flexibility index (Phi) is 3.92. The number of aromatic nitrogens is 2. The quantitative estimate of drug-likeness (QED) is 0.593. The number of carboxylic acid groups (broad SMARTS) is 1. The minimum atomic E-state index is -1.02. The van der Waals surface area contributed by atoms with Gasteiger partial charge in [0.2, 0.25) is 0 Å². The third kappa shape index (κ3) is 2.45. The first-order chi connectivity index (χ1) is 12.5. The molecule has 0 saturated heterocycles. The fraction of sp³-hybridized carbons (Fsp3) is 0.200.